The summed E-state index contributed by atoms with van der Waals surface area (Å²) in [4.78, 5) is 24.2. The average molecular weight is 311 g/mol. The molecule has 1 N–H and O–H groups in total. The van der Waals surface area contributed by atoms with Gasteiger partial charge in [0.25, 0.3) is 0 Å². The second-order valence-electron chi connectivity index (χ2n) is 4.40. The maximum Gasteiger partial charge on any atom is 0.321 e. The first-order valence-corrected chi connectivity index (χ1v) is 7.82. The van der Waals surface area contributed by atoms with Gasteiger partial charge in [-0.05, 0) is 13.0 Å². The molecule has 21 heavy (non-hydrogen) atoms. The van der Waals surface area contributed by atoms with Crippen LogP contribution < -0.4 is 10.1 Å². The molecule has 2 rings (SSSR count). The molecule has 0 radical (unpaired) electrons. The predicted molar refractivity (Wildman–Crippen MR) is 82.2 cm³/mol. The molecule has 1 saturated heterocycles. The lowest BCUT2D eigenvalue weighted by atomic mass is 10.2. The van der Waals surface area contributed by atoms with Crippen molar-refractivity contribution in [3.05, 3.63) is 28.3 Å². The quantitative estimate of drug-likeness (QED) is 0.682. The fourth-order valence-electron chi connectivity index (χ4n) is 1.98. The molecule has 0 spiro atoms. The summed E-state index contributed by atoms with van der Waals surface area (Å²) in [6.45, 7) is 3.49. The number of nitrogens with one attached hydrogen (secondary N) is 1. The van der Waals surface area contributed by atoms with E-state index in [1.807, 2.05) is 11.8 Å². The highest BCUT2D eigenvalue weighted by Crippen LogP contribution is 2.30. The van der Waals surface area contributed by atoms with Crippen LogP contribution in [0.25, 0.3) is 0 Å². The maximum atomic E-state index is 12.1. The highest BCUT2D eigenvalue weighted by molar-refractivity contribution is 7.99. The second-order valence-corrected chi connectivity index (χ2v) is 5.63. The molecule has 1 aromatic carbocycles. The van der Waals surface area contributed by atoms with Crippen molar-refractivity contribution in [2.45, 2.75) is 6.92 Å². The largest absolute Gasteiger partial charge is 0.487 e. The van der Waals surface area contributed by atoms with Crippen molar-refractivity contribution >= 4 is 29.2 Å². The van der Waals surface area contributed by atoms with E-state index in [4.69, 9.17) is 4.74 Å². The van der Waals surface area contributed by atoms with Gasteiger partial charge in [0.05, 0.1) is 11.5 Å². The molecular weight excluding hydrogens is 294 g/mol. The average Bonchev–Trinajstić information content (AvgIpc) is 2.48. The Bertz CT molecular complexity index is 532. The van der Waals surface area contributed by atoms with E-state index in [0.717, 1.165) is 11.5 Å². The standard InChI is InChI=1S/C13H17N3O4S/c1-2-20-12-9-10(3-4-11(12)16(18)19)14-13(17)15-5-7-21-8-6-15/h3-4,9H,2,5-8H2,1H3,(H,14,17). The molecule has 1 aliphatic rings. The number of nitrogens with zero attached hydrogens (tertiary/aromatic N) is 2. The molecular formula is C13H17N3O4S. The lowest BCUT2D eigenvalue weighted by Gasteiger charge is -2.26. The highest BCUT2D eigenvalue weighted by Gasteiger charge is 2.19. The second kappa shape index (κ2) is 7.16. The summed E-state index contributed by atoms with van der Waals surface area (Å²) in [7, 11) is 0. The van der Waals surface area contributed by atoms with Crippen molar-refractivity contribution in [2.24, 2.45) is 0 Å². The zero-order chi connectivity index (χ0) is 15.2. The van der Waals surface area contributed by atoms with Gasteiger partial charge in [0.2, 0.25) is 0 Å². The molecule has 114 valence electrons. The number of hydrogen-bond donors (Lipinski definition) is 1. The normalized spacial score (nSPS) is 14.6. The summed E-state index contributed by atoms with van der Waals surface area (Å²) in [5.41, 5.74) is 0.386. The fourth-order valence-corrected chi connectivity index (χ4v) is 2.89. The summed E-state index contributed by atoms with van der Waals surface area (Å²) < 4.78 is 5.26. The van der Waals surface area contributed by atoms with Crippen LogP contribution in [0.1, 0.15) is 6.92 Å². The molecule has 0 saturated carbocycles. The van der Waals surface area contributed by atoms with E-state index in [1.165, 1.54) is 18.2 Å². The molecule has 7 nitrogen and oxygen atoms in total. The third kappa shape index (κ3) is 4.01. The zero-order valence-corrected chi connectivity index (χ0v) is 12.5. The van der Waals surface area contributed by atoms with E-state index in [9.17, 15) is 14.9 Å². The Balaban J connectivity index is 2.10. The summed E-state index contributed by atoms with van der Waals surface area (Å²) in [5.74, 6) is 2.02. The van der Waals surface area contributed by atoms with Crippen molar-refractivity contribution in [1.29, 1.82) is 0 Å². The zero-order valence-electron chi connectivity index (χ0n) is 11.7. The number of urea groups is 1. The molecule has 0 unspecified atom stereocenters. The first-order chi connectivity index (χ1) is 10.1. The number of carbonyl (C=O) groups excluding carboxylic acids is 1. The van der Waals surface area contributed by atoms with Gasteiger partial charge in [0.15, 0.2) is 5.75 Å². The summed E-state index contributed by atoms with van der Waals surface area (Å²) in [6, 6.07) is 4.15. The van der Waals surface area contributed by atoms with Gasteiger partial charge in [-0.1, -0.05) is 0 Å². The number of anilines is 1. The number of rotatable bonds is 4. The van der Waals surface area contributed by atoms with Crippen LogP contribution in [-0.2, 0) is 0 Å². The number of thioether (sulfide) groups is 1. The Labute approximate surface area is 126 Å². The van der Waals surface area contributed by atoms with Crippen molar-refractivity contribution in [3.8, 4) is 5.75 Å². The van der Waals surface area contributed by atoms with Crippen LogP contribution in [0, 0.1) is 10.1 Å². The maximum absolute atomic E-state index is 12.1. The Morgan fingerprint density at radius 1 is 1.48 bits per heavy atom. The van der Waals surface area contributed by atoms with E-state index < -0.39 is 4.92 Å². The van der Waals surface area contributed by atoms with Gasteiger partial charge in [0.1, 0.15) is 0 Å². The van der Waals surface area contributed by atoms with Gasteiger partial charge in [-0.3, -0.25) is 10.1 Å². The van der Waals surface area contributed by atoms with E-state index in [1.54, 1.807) is 11.8 Å². The molecule has 0 atom stereocenters. The number of amides is 2. The topological polar surface area (TPSA) is 84.7 Å². The molecule has 0 aromatic heterocycles. The molecule has 2 amide bonds. The Hall–Kier alpha value is -1.96. The van der Waals surface area contributed by atoms with Gasteiger partial charge < -0.3 is 15.0 Å². The number of nitro benzene ring substituents is 1. The smallest absolute Gasteiger partial charge is 0.321 e. The first kappa shape index (κ1) is 15.4. The molecule has 1 heterocycles. The molecule has 8 heteroatoms. The summed E-state index contributed by atoms with van der Waals surface area (Å²) >= 11 is 1.82. The minimum Gasteiger partial charge on any atom is -0.487 e. The Kier molecular flexibility index (Phi) is 5.26. The Morgan fingerprint density at radius 3 is 2.81 bits per heavy atom. The third-order valence-electron chi connectivity index (χ3n) is 3.01. The van der Waals surface area contributed by atoms with Crippen LogP contribution in [0.2, 0.25) is 0 Å². The minimum atomic E-state index is -0.502. The lowest BCUT2D eigenvalue weighted by Crippen LogP contribution is -2.40. The molecule has 0 bridgehead atoms. The summed E-state index contributed by atoms with van der Waals surface area (Å²) in [6.07, 6.45) is 0. The lowest BCUT2D eigenvalue weighted by molar-refractivity contribution is -0.385. The SMILES string of the molecule is CCOc1cc(NC(=O)N2CCSCC2)ccc1[N+](=O)[O-]. The number of ether oxygens (including phenoxy) is 1. The van der Waals surface area contributed by atoms with Gasteiger partial charge in [-0.2, -0.15) is 11.8 Å². The molecule has 1 fully saturated rings. The highest BCUT2D eigenvalue weighted by atomic mass is 32.2. The van der Waals surface area contributed by atoms with Gasteiger partial charge in [0, 0.05) is 42.4 Å². The van der Waals surface area contributed by atoms with Crippen LogP contribution >= 0.6 is 11.8 Å². The van der Waals surface area contributed by atoms with Crippen LogP contribution in [0.3, 0.4) is 0 Å². The van der Waals surface area contributed by atoms with Crippen LogP contribution in [0.5, 0.6) is 5.75 Å². The predicted octanol–water partition coefficient (Wildman–Crippen LogP) is 2.57. The van der Waals surface area contributed by atoms with E-state index in [0.29, 0.717) is 25.4 Å². The monoisotopic (exact) mass is 311 g/mol. The molecule has 1 aromatic rings. The van der Waals surface area contributed by atoms with Crippen molar-refractivity contribution in [2.75, 3.05) is 36.5 Å². The number of carbonyl (C=O) groups is 1. The van der Waals surface area contributed by atoms with Crippen LogP contribution in [0.15, 0.2) is 18.2 Å². The van der Waals surface area contributed by atoms with Crippen molar-refractivity contribution in [3.63, 3.8) is 0 Å². The van der Waals surface area contributed by atoms with Gasteiger partial charge in [-0.15, -0.1) is 0 Å². The third-order valence-corrected chi connectivity index (χ3v) is 3.95. The number of nitro groups is 1. The molecule has 1 aliphatic heterocycles. The molecule has 0 aliphatic carbocycles. The first-order valence-electron chi connectivity index (χ1n) is 6.66. The Morgan fingerprint density at radius 2 is 2.19 bits per heavy atom. The van der Waals surface area contributed by atoms with E-state index >= 15 is 0 Å². The van der Waals surface area contributed by atoms with Crippen LogP contribution in [-0.4, -0.2) is 47.1 Å². The van der Waals surface area contributed by atoms with Crippen molar-refractivity contribution in [1.82, 2.24) is 4.90 Å². The summed E-state index contributed by atoms with van der Waals surface area (Å²) in [5, 5.41) is 13.7. The minimum absolute atomic E-state index is 0.107. The van der Waals surface area contributed by atoms with Gasteiger partial charge in [-0.25, -0.2) is 4.79 Å². The van der Waals surface area contributed by atoms with Crippen LogP contribution in [0.4, 0.5) is 16.2 Å². The van der Waals surface area contributed by atoms with E-state index in [2.05, 4.69) is 5.32 Å². The fraction of sp³-hybridized carbons (Fsp3) is 0.462. The van der Waals surface area contributed by atoms with Crippen molar-refractivity contribution < 1.29 is 14.5 Å². The number of benzene rings is 1. The number of hydrogen-bond acceptors (Lipinski definition) is 5. The van der Waals surface area contributed by atoms with E-state index in [-0.39, 0.29) is 17.5 Å². The van der Waals surface area contributed by atoms with Gasteiger partial charge >= 0.3 is 11.7 Å².